The van der Waals surface area contributed by atoms with Crippen molar-refractivity contribution >= 4 is 0 Å². The van der Waals surface area contributed by atoms with Gasteiger partial charge in [0.1, 0.15) is 12.2 Å². The first-order valence-corrected chi connectivity index (χ1v) is 8.63. The molecule has 3 rings (SSSR count). The zero-order chi connectivity index (χ0) is 18.0. The van der Waals surface area contributed by atoms with Crippen molar-refractivity contribution in [2.24, 2.45) is 0 Å². The molecule has 1 aromatic carbocycles. The minimum Gasteiger partial charge on any atom is -0.368 e. The summed E-state index contributed by atoms with van der Waals surface area (Å²) in [4.78, 5) is 0. The Morgan fingerprint density at radius 2 is 1.88 bits per heavy atom. The highest BCUT2D eigenvalue weighted by atomic mass is 19.4. The molecule has 1 aromatic rings. The van der Waals surface area contributed by atoms with E-state index in [0.717, 1.165) is 25.3 Å². The molecule has 0 amide bonds. The molecule has 2 heterocycles. The Balaban J connectivity index is 1.71. The number of halogens is 3. The molecule has 2 aliphatic rings. The summed E-state index contributed by atoms with van der Waals surface area (Å²) in [6, 6.07) is 5.46. The number of hydrogen-bond acceptors (Lipinski definition) is 4. The van der Waals surface area contributed by atoms with E-state index in [0.29, 0.717) is 0 Å². The van der Waals surface area contributed by atoms with Crippen LogP contribution >= 0.6 is 0 Å². The van der Waals surface area contributed by atoms with Crippen molar-refractivity contribution < 1.29 is 32.1 Å². The largest absolute Gasteiger partial charge is 0.416 e. The van der Waals surface area contributed by atoms with Crippen LogP contribution in [0, 0.1) is 0 Å². The van der Waals surface area contributed by atoms with Crippen molar-refractivity contribution in [2.75, 3.05) is 0 Å². The lowest BCUT2D eigenvalue weighted by Crippen LogP contribution is -2.35. The van der Waals surface area contributed by atoms with E-state index in [1.807, 2.05) is 0 Å². The van der Waals surface area contributed by atoms with Gasteiger partial charge in [0.15, 0.2) is 12.6 Å². The number of rotatable bonds is 6. The molecule has 0 radical (unpaired) electrons. The minimum atomic E-state index is -4.40. The second-order valence-corrected chi connectivity index (χ2v) is 6.42. The SMILES string of the molecule is CCCC[C@H]1O[C@@H]2OC(C)O[C@@H]2[C@H]1OCc1ccccc1C(F)(F)F. The van der Waals surface area contributed by atoms with Crippen LogP contribution < -0.4 is 0 Å². The van der Waals surface area contributed by atoms with Gasteiger partial charge in [0.05, 0.1) is 18.3 Å². The molecule has 0 bridgehead atoms. The molecule has 5 atom stereocenters. The predicted molar refractivity (Wildman–Crippen MR) is 83.6 cm³/mol. The van der Waals surface area contributed by atoms with Gasteiger partial charge in [0.2, 0.25) is 0 Å². The van der Waals surface area contributed by atoms with Gasteiger partial charge >= 0.3 is 6.18 Å². The predicted octanol–water partition coefficient (Wildman–Crippen LogP) is 4.27. The van der Waals surface area contributed by atoms with E-state index in [1.165, 1.54) is 12.1 Å². The lowest BCUT2D eigenvalue weighted by Gasteiger charge is -2.23. The Bertz CT molecular complexity index is 578. The van der Waals surface area contributed by atoms with E-state index < -0.39 is 36.5 Å². The van der Waals surface area contributed by atoms with Crippen LogP contribution in [0.15, 0.2) is 24.3 Å². The van der Waals surface area contributed by atoms with Crippen LogP contribution in [0.5, 0.6) is 0 Å². The topological polar surface area (TPSA) is 36.9 Å². The fourth-order valence-corrected chi connectivity index (χ4v) is 3.34. The first kappa shape index (κ1) is 18.6. The molecule has 140 valence electrons. The zero-order valence-corrected chi connectivity index (χ0v) is 14.3. The summed E-state index contributed by atoms with van der Waals surface area (Å²) in [7, 11) is 0. The monoisotopic (exact) mass is 360 g/mol. The first-order chi connectivity index (χ1) is 11.9. The van der Waals surface area contributed by atoms with Crippen molar-refractivity contribution in [1.82, 2.24) is 0 Å². The Hall–Kier alpha value is -1.15. The molecule has 0 spiro atoms. The van der Waals surface area contributed by atoms with Crippen molar-refractivity contribution in [3.63, 3.8) is 0 Å². The molecular weight excluding hydrogens is 337 g/mol. The van der Waals surface area contributed by atoms with Gasteiger partial charge in [-0.2, -0.15) is 13.2 Å². The number of fused-ring (bicyclic) bond motifs is 1. The Kier molecular flexibility index (Phi) is 5.68. The lowest BCUT2D eigenvalue weighted by atomic mass is 10.0. The van der Waals surface area contributed by atoms with E-state index in [2.05, 4.69) is 6.92 Å². The molecular formula is C18H23F3O4. The van der Waals surface area contributed by atoms with E-state index in [4.69, 9.17) is 18.9 Å². The highest BCUT2D eigenvalue weighted by molar-refractivity contribution is 5.29. The summed E-state index contributed by atoms with van der Waals surface area (Å²) in [5, 5.41) is 0. The van der Waals surface area contributed by atoms with Gasteiger partial charge in [0, 0.05) is 0 Å². The molecule has 0 aliphatic carbocycles. The van der Waals surface area contributed by atoms with Gasteiger partial charge in [0.25, 0.3) is 0 Å². The molecule has 25 heavy (non-hydrogen) atoms. The standard InChI is InChI=1S/C18H23F3O4/c1-3-4-9-14-15(16-17(25-14)24-11(2)23-16)22-10-12-7-5-6-8-13(12)18(19,20)21/h5-8,11,14-17H,3-4,9-10H2,1-2H3/t11?,14-,15+,16-,17+/m1/s1. The van der Waals surface area contributed by atoms with E-state index >= 15 is 0 Å². The molecule has 2 fully saturated rings. The number of ether oxygens (including phenoxy) is 4. The third-order valence-corrected chi connectivity index (χ3v) is 4.54. The van der Waals surface area contributed by atoms with Gasteiger partial charge < -0.3 is 18.9 Å². The molecule has 2 aliphatic heterocycles. The fraction of sp³-hybridized carbons (Fsp3) is 0.667. The summed E-state index contributed by atoms with van der Waals surface area (Å²) in [5.74, 6) is 0. The Morgan fingerprint density at radius 3 is 2.60 bits per heavy atom. The zero-order valence-electron chi connectivity index (χ0n) is 14.3. The maximum Gasteiger partial charge on any atom is 0.416 e. The van der Waals surface area contributed by atoms with E-state index in [1.54, 1.807) is 13.0 Å². The van der Waals surface area contributed by atoms with Crippen molar-refractivity contribution in [1.29, 1.82) is 0 Å². The van der Waals surface area contributed by atoms with Gasteiger partial charge in [-0.15, -0.1) is 0 Å². The smallest absolute Gasteiger partial charge is 0.368 e. The number of hydrogen-bond donors (Lipinski definition) is 0. The average molecular weight is 360 g/mol. The Morgan fingerprint density at radius 1 is 1.12 bits per heavy atom. The van der Waals surface area contributed by atoms with Crippen molar-refractivity contribution in [3.05, 3.63) is 35.4 Å². The number of unbranched alkanes of at least 4 members (excludes halogenated alkanes) is 1. The van der Waals surface area contributed by atoms with Gasteiger partial charge in [-0.05, 0) is 25.0 Å². The molecule has 7 heteroatoms. The lowest BCUT2D eigenvalue weighted by molar-refractivity contribution is -0.169. The van der Waals surface area contributed by atoms with Crippen LogP contribution in [0.2, 0.25) is 0 Å². The van der Waals surface area contributed by atoms with Gasteiger partial charge in [-0.1, -0.05) is 38.0 Å². The van der Waals surface area contributed by atoms with Crippen LogP contribution in [-0.4, -0.2) is 30.9 Å². The van der Waals surface area contributed by atoms with Crippen LogP contribution in [-0.2, 0) is 31.7 Å². The second kappa shape index (κ2) is 7.61. The maximum absolute atomic E-state index is 13.1. The van der Waals surface area contributed by atoms with Crippen LogP contribution in [0.3, 0.4) is 0 Å². The molecule has 2 saturated heterocycles. The quantitative estimate of drug-likeness (QED) is 0.759. The van der Waals surface area contributed by atoms with Crippen LogP contribution in [0.4, 0.5) is 13.2 Å². The van der Waals surface area contributed by atoms with Crippen LogP contribution in [0.1, 0.15) is 44.2 Å². The number of benzene rings is 1. The number of alkyl halides is 3. The highest BCUT2D eigenvalue weighted by Crippen LogP contribution is 2.37. The Labute approximate surface area is 145 Å². The highest BCUT2D eigenvalue weighted by Gasteiger charge is 2.51. The van der Waals surface area contributed by atoms with E-state index in [-0.39, 0.29) is 18.3 Å². The summed E-state index contributed by atoms with van der Waals surface area (Å²) in [6.07, 6.45) is -3.71. The summed E-state index contributed by atoms with van der Waals surface area (Å²) in [5.41, 5.74) is -0.563. The van der Waals surface area contributed by atoms with Gasteiger partial charge in [-0.3, -0.25) is 0 Å². The fourth-order valence-electron chi connectivity index (χ4n) is 3.34. The molecule has 0 N–H and O–H groups in total. The third-order valence-electron chi connectivity index (χ3n) is 4.54. The summed E-state index contributed by atoms with van der Waals surface area (Å²) in [6.45, 7) is 3.69. The minimum absolute atomic E-state index is 0.111. The summed E-state index contributed by atoms with van der Waals surface area (Å²) < 4.78 is 62.4. The van der Waals surface area contributed by atoms with Crippen molar-refractivity contribution in [2.45, 2.75) is 76.8 Å². The third kappa shape index (κ3) is 4.16. The molecule has 0 saturated carbocycles. The van der Waals surface area contributed by atoms with Gasteiger partial charge in [-0.25, -0.2) is 0 Å². The van der Waals surface area contributed by atoms with E-state index in [9.17, 15) is 13.2 Å². The maximum atomic E-state index is 13.1. The first-order valence-electron chi connectivity index (χ1n) is 8.63. The molecule has 1 unspecified atom stereocenters. The molecule has 4 nitrogen and oxygen atoms in total. The second-order valence-electron chi connectivity index (χ2n) is 6.42. The summed E-state index contributed by atoms with van der Waals surface area (Å²) >= 11 is 0. The average Bonchev–Trinajstić information content (AvgIpc) is 3.06. The molecule has 0 aromatic heterocycles. The normalized spacial score (nSPS) is 32.1. The van der Waals surface area contributed by atoms with Crippen LogP contribution in [0.25, 0.3) is 0 Å². The van der Waals surface area contributed by atoms with Crippen molar-refractivity contribution in [3.8, 4) is 0 Å².